The largest absolute Gasteiger partial charge is 0.465 e. The van der Waals surface area contributed by atoms with Gasteiger partial charge in [-0.3, -0.25) is 4.79 Å². The Labute approximate surface area is 168 Å². The fourth-order valence-electron chi connectivity index (χ4n) is 4.28. The van der Waals surface area contributed by atoms with Crippen molar-refractivity contribution in [1.29, 1.82) is 0 Å². The Kier molecular flexibility index (Phi) is 4.62. The third-order valence-corrected chi connectivity index (χ3v) is 5.51. The summed E-state index contributed by atoms with van der Waals surface area (Å²) in [5, 5.41) is 7.54. The van der Waals surface area contributed by atoms with E-state index in [1.54, 1.807) is 0 Å². The molecule has 5 aromatic rings. The summed E-state index contributed by atoms with van der Waals surface area (Å²) in [6.45, 7) is 2.42. The number of nitrogens with zero attached hydrogens (tertiary/aromatic N) is 1. The van der Waals surface area contributed by atoms with Crippen LogP contribution >= 0.6 is 0 Å². The van der Waals surface area contributed by atoms with Crippen LogP contribution in [0.2, 0.25) is 0 Å². The van der Waals surface area contributed by atoms with Gasteiger partial charge in [0.25, 0.3) is 6.47 Å². The van der Waals surface area contributed by atoms with Crippen molar-refractivity contribution in [3.63, 3.8) is 0 Å². The maximum Gasteiger partial charge on any atom is 0.293 e. The lowest BCUT2D eigenvalue weighted by Crippen LogP contribution is -2.09. The Morgan fingerprint density at radius 2 is 1.45 bits per heavy atom. The van der Waals surface area contributed by atoms with Gasteiger partial charge in [-0.05, 0) is 22.2 Å². The van der Waals surface area contributed by atoms with Crippen LogP contribution in [0.15, 0.2) is 72.8 Å². The second-order valence-corrected chi connectivity index (χ2v) is 7.09. The van der Waals surface area contributed by atoms with Crippen LogP contribution in [0.5, 0.6) is 0 Å². The molecule has 0 atom stereocenters. The van der Waals surface area contributed by atoms with Crippen LogP contribution in [0, 0.1) is 0 Å². The highest BCUT2D eigenvalue weighted by atomic mass is 16.5. The molecule has 0 aliphatic heterocycles. The van der Waals surface area contributed by atoms with Crippen molar-refractivity contribution in [3.8, 4) is 0 Å². The predicted molar refractivity (Wildman–Crippen MR) is 117 cm³/mol. The molecule has 0 amide bonds. The summed E-state index contributed by atoms with van der Waals surface area (Å²) in [5.41, 5.74) is 2.45. The molecule has 29 heavy (non-hydrogen) atoms. The van der Waals surface area contributed by atoms with Gasteiger partial charge in [0.05, 0.1) is 18.7 Å². The molecule has 0 saturated heterocycles. The van der Waals surface area contributed by atoms with Gasteiger partial charge in [-0.25, -0.2) is 0 Å². The maximum atomic E-state index is 10.3. The first-order valence-corrected chi connectivity index (χ1v) is 9.83. The van der Waals surface area contributed by atoms with E-state index in [1.807, 2.05) is 0 Å². The monoisotopic (exact) mass is 383 g/mol. The molecule has 0 saturated carbocycles. The van der Waals surface area contributed by atoms with Crippen LogP contribution in [-0.2, 0) is 20.8 Å². The highest BCUT2D eigenvalue weighted by Crippen LogP contribution is 2.38. The summed E-state index contributed by atoms with van der Waals surface area (Å²) < 4.78 is 12.8. The summed E-state index contributed by atoms with van der Waals surface area (Å²) in [6.07, 6.45) is 0. The molecular formula is C25H21NO3. The molecule has 0 radical (unpaired) electrons. The lowest BCUT2D eigenvalue weighted by molar-refractivity contribution is -0.130. The minimum absolute atomic E-state index is 0.282. The Morgan fingerprint density at radius 3 is 2.28 bits per heavy atom. The number of carbonyl (C=O) groups excluding carboxylic acids is 1. The quantitative estimate of drug-likeness (QED) is 0.283. The number of rotatable bonds is 7. The van der Waals surface area contributed by atoms with Crippen LogP contribution in [0.25, 0.3) is 43.4 Å². The Bertz CT molecular complexity index is 1340. The number of hydrogen-bond donors (Lipinski definition) is 0. The van der Waals surface area contributed by atoms with Crippen LogP contribution in [0.4, 0.5) is 0 Å². The minimum atomic E-state index is 0.282. The molecular weight excluding hydrogens is 362 g/mol. The normalized spacial score (nSPS) is 11.6. The summed E-state index contributed by atoms with van der Waals surface area (Å²) in [5.74, 6) is 0. The Hall–Kier alpha value is -3.37. The third-order valence-electron chi connectivity index (χ3n) is 5.51. The molecule has 0 aliphatic rings. The molecule has 1 heterocycles. The second-order valence-electron chi connectivity index (χ2n) is 7.09. The number of fused-ring (bicyclic) bond motifs is 7. The average molecular weight is 383 g/mol. The molecule has 0 aliphatic carbocycles. The molecule has 0 N–H and O–H groups in total. The average Bonchev–Trinajstić information content (AvgIpc) is 3.10. The molecule has 4 heteroatoms. The van der Waals surface area contributed by atoms with Crippen molar-refractivity contribution in [2.45, 2.75) is 6.54 Å². The maximum absolute atomic E-state index is 10.3. The van der Waals surface area contributed by atoms with Gasteiger partial charge in [-0.15, -0.1) is 0 Å². The van der Waals surface area contributed by atoms with E-state index in [2.05, 4.69) is 77.4 Å². The lowest BCUT2D eigenvalue weighted by atomic mass is 10.0. The van der Waals surface area contributed by atoms with Crippen LogP contribution in [0.1, 0.15) is 0 Å². The minimum Gasteiger partial charge on any atom is -0.465 e. The van der Waals surface area contributed by atoms with E-state index in [4.69, 9.17) is 9.47 Å². The zero-order valence-electron chi connectivity index (χ0n) is 16.0. The number of aromatic nitrogens is 1. The summed E-state index contributed by atoms with van der Waals surface area (Å²) in [7, 11) is 0. The van der Waals surface area contributed by atoms with Gasteiger partial charge < -0.3 is 14.0 Å². The zero-order chi connectivity index (χ0) is 19.6. The summed E-state index contributed by atoms with van der Waals surface area (Å²) in [6, 6.07) is 25.9. The zero-order valence-corrected chi connectivity index (χ0v) is 16.0. The van der Waals surface area contributed by atoms with Gasteiger partial charge >= 0.3 is 0 Å². The van der Waals surface area contributed by atoms with Crippen molar-refractivity contribution in [1.82, 2.24) is 4.57 Å². The van der Waals surface area contributed by atoms with Gasteiger partial charge in [0, 0.05) is 28.2 Å². The SMILES string of the molecule is O=COCCOCCn1c2ccc3ccccc3c2c2ccc3ccccc3c21. The van der Waals surface area contributed by atoms with E-state index < -0.39 is 0 Å². The van der Waals surface area contributed by atoms with E-state index in [1.165, 1.54) is 43.4 Å². The highest BCUT2D eigenvalue weighted by molar-refractivity contribution is 6.25. The van der Waals surface area contributed by atoms with Gasteiger partial charge in [-0.1, -0.05) is 66.7 Å². The molecule has 144 valence electrons. The van der Waals surface area contributed by atoms with Gasteiger partial charge in [0.2, 0.25) is 0 Å². The molecule has 0 fully saturated rings. The first kappa shape index (κ1) is 17.7. The first-order valence-electron chi connectivity index (χ1n) is 9.83. The van der Waals surface area contributed by atoms with Crippen molar-refractivity contribution >= 4 is 49.8 Å². The molecule has 0 bridgehead atoms. The molecule has 1 aromatic heterocycles. The van der Waals surface area contributed by atoms with Gasteiger partial charge in [-0.2, -0.15) is 0 Å². The van der Waals surface area contributed by atoms with E-state index >= 15 is 0 Å². The lowest BCUT2D eigenvalue weighted by Gasteiger charge is -2.10. The van der Waals surface area contributed by atoms with E-state index in [0.29, 0.717) is 19.7 Å². The van der Waals surface area contributed by atoms with Crippen molar-refractivity contribution in [2.24, 2.45) is 0 Å². The summed E-state index contributed by atoms with van der Waals surface area (Å²) >= 11 is 0. The molecule has 4 nitrogen and oxygen atoms in total. The highest BCUT2D eigenvalue weighted by Gasteiger charge is 2.15. The Balaban J connectivity index is 1.70. The number of carbonyl (C=O) groups is 1. The van der Waals surface area contributed by atoms with E-state index in [0.717, 1.165) is 6.54 Å². The smallest absolute Gasteiger partial charge is 0.293 e. The predicted octanol–water partition coefficient (Wildman–Crippen LogP) is 5.29. The van der Waals surface area contributed by atoms with Crippen molar-refractivity contribution in [2.75, 3.05) is 19.8 Å². The van der Waals surface area contributed by atoms with Crippen molar-refractivity contribution in [3.05, 3.63) is 72.8 Å². The number of ether oxygens (including phenoxy) is 2. The standard InChI is InChI=1S/C25H21NO3/c27-17-29-16-15-28-14-13-26-23-12-10-18-5-1-3-7-20(18)24(23)22-11-9-19-6-2-4-8-21(19)25(22)26/h1-12,17H,13-16H2. The number of benzene rings is 4. The second kappa shape index (κ2) is 7.57. The topological polar surface area (TPSA) is 40.5 Å². The van der Waals surface area contributed by atoms with Crippen LogP contribution in [-0.4, -0.2) is 30.9 Å². The Morgan fingerprint density at radius 1 is 0.724 bits per heavy atom. The first-order chi connectivity index (χ1) is 14.4. The van der Waals surface area contributed by atoms with E-state index in [9.17, 15) is 4.79 Å². The number of hydrogen-bond acceptors (Lipinski definition) is 3. The fraction of sp³-hybridized carbons (Fsp3) is 0.160. The van der Waals surface area contributed by atoms with Crippen molar-refractivity contribution < 1.29 is 14.3 Å². The van der Waals surface area contributed by atoms with Crippen LogP contribution < -0.4 is 0 Å². The van der Waals surface area contributed by atoms with Gasteiger partial charge in [0.15, 0.2) is 0 Å². The van der Waals surface area contributed by atoms with Gasteiger partial charge in [0.1, 0.15) is 6.61 Å². The molecule has 4 aromatic carbocycles. The summed E-state index contributed by atoms with van der Waals surface area (Å²) in [4.78, 5) is 10.3. The van der Waals surface area contributed by atoms with Crippen LogP contribution in [0.3, 0.4) is 0 Å². The van der Waals surface area contributed by atoms with E-state index in [-0.39, 0.29) is 6.61 Å². The molecule has 0 unspecified atom stereocenters. The molecule has 0 spiro atoms. The fourth-order valence-corrected chi connectivity index (χ4v) is 4.28. The molecule has 5 rings (SSSR count). The third kappa shape index (κ3) is 3.02.